The number of carbonyl (C=O) groups is 2. The summed E-state index contributed by atoms with van der Waals surface area (Å²) in [6.45, 7) is 1.82. The number of carbonyl (C=O) groups excluding carboxylic acids is 1. The van der Waals surface area contributed by atoms with Crippen LogP contribution in [0.25, 0.3) is 0 Å². The second kappa shape index (κ2) is 5.67. The first-order valence-electron chi connectivity index (χ1n) is 6.55. The van der Waals surface area contributed by atoms with Gasteiger partial charge in [0, 0.05) is 25.2 Å². The lowest BCUT2D eigenvalue weighted by Crippen LogP contribution is -2.47. The van der Waals surface area contributed by atoms with Crippen LogP contribution in [-0.4, -0.2) is 65.0 Å². The van der Waals surface area contributed by atoms with E-state index in [-0.39, 0.29) is 24.5 Å². The molecule has 0 aromatic rings. The van der Waals surface area contributed by atoms with Gasteiger partial charge in [-0.3, -0.25) is 14.5 Å². The lowest BCUT2D eigenvalue weighted by atomic mass is 10.1. The monoisotopic (exact) mass is 255 g/mol. The van der Waals surface area contributed by atoms with E-state index >= 15 is 0 Å². The van der Waals surface area contributed by atoms with Crippen molar-refractivity contribution in [3.05, 3.63) is 0 Å². The van der Waals surface area contributed by atoms with Gasteiger partial charge >= 0.3 is 5.97 Å². The van der Waals surface area contributed by atoms with Crippen molar-refractivity contribution >= 4 is 11.9 Å². The van der Waals surface area contributed by atoms with E-state index in [4.69, 9.17) is 10.8 Å². The fourth-order valence-corrected chi connectivity index (χ4v) is 2.35. The van der Waals surface area contributed by atoms with Gasteiger partial charge in [0.05, 0.1) is 6.54 Å². The summed E-state index contributed by atoms with van der Waals surface area (Å²) in [4.78, 5) is 26.4. The first-order chi connectivity index (χ1) is 8.56. The predicted molar refractivity (Wildman–Crippen MR) is 66.0 cm³/mol. The largest absolute Gasteiger partial charge is 0.480 e. The van der Waals surface area contributed by atoms with Gasteiger partial charge in [-0.15, -0.1) is 0 Å². The van der Waals surface area contributed by atoms with E-state index in [0.717, 1.165) is 38.8 Å². The summed E-state index contributed by atoms with van der Waals surface area (Å²) < 4.78 is 0. The van der Waals surface area contributed by atoms with Crippen LogP contribution in [0, 0.1) is 0 Å². The van der Waals surface area contributed by atoms with Crippen molar-refractivity contribution in [2.24, 2.45) is 5.73 Å². The molecule has 1 aliphatic carbocycles. The van der Waals surface area contributed by atoms with E-state index in [0.29, 0.717) is 6.54 Å². The molecule has 1 amide bonds. The normalized spacial score (nSPS) is 21.8. The molecule has 102 valence electrons. The van der Waals surface area contributed by atoms with Crippen molar-refractivity contribution in [1.29, 1.82) is 0 Å². The molecule has 18 heavy (non-hydrogen) atoms. The highest BCUT2D eigenvalue weighted by molar-refractivity contribution is 5.83. The lowest BCUT2D eigenvalue weighted by molar-refractivity contribution is -0.145. The molecule has 6 nitrogen and oxygen atoms in total. The van der Waals surface area contributed by atoms with E-state index in [9.17, 15) is 9.59 Å². The van der Waals surface area contributed by atoms with Gasteiger partial charge in [0.1, 0.15) is 6.54 Å². The molecule has 3 N–H and O–H groups in total. The molecule has 2 rings (SSSR count). The van der Waals surface area contributed by atoms with Crippen molar-refractivity contribution in [1.82, 2.24) is 9.80 Å². The van der Waals surface area contributed by atoms with Crippen LogP contribution < -0.4 is 5.73 Å². The highest BCUT2D eigenvalue weighted by Crippen LogP contribution is 2.26. The van der Waals surface area contributed by atoms with Crippen molar-refractivity contribution in [2.75, 3.05) is 26.2 Å². The van der Waals surface area contributed by atoms with Gasteiger partial charge in [-0.1, -0.05) is 0 Å². The molecular formula is C12H21N3O3. The SMILES string of the molecule is NC1CCN(CC(=O)N(CC(=O)O)C2CC2)CC1. The molecule has 1 aliphatic heterocycles. The van der Waals surface area contributed by atoms with Gasteiger partial charge in [-0.25, -0.2) is 0 Å². The molecule has 0 radical (unpaired) electrons. The topological polar surface area (TPSA) is 86.9 Å². The Balaban J connectivity index is 1.83. The van der Waals surface area contributed by atoms with E-state index in [1.165, 1.54) is 4.90 Å². The fourth-order valence-electron chi connectivity index (χ4n) is 2.35. The van der Waals surface area contributed by atoms with Crippen LogP contribution in [0.1, 0.15) is 25.7 Å². The molecule has 2 fully saturated rings. The van der Waals surface area contributed by atoms with Crippen molar-refractivity contribution in [2.45, 2.75) is 37.8 Å². The minimum atomic E-state index is -0.934. The molecule has 0 atom stereocenters. The van der Waals surface area contributed by atoms with Crippen LogP contribution in [0.15, 0.2) is 0 Å². The van der Waals surface area contributed by atoms with Crippen LogP contribution in [0.2, 0.25) is 0 Å². The molecule has 0 unspecified atom stereocenters. The third kappa shape index (κ3) is 3.68. The zero-order chi connectivity index (χ0) is 13.1. The van der Waals surface area contributed by atoms with Gasteiger partial charge in [0.25, 0.3) is 0 Å². The van der Waals surface area contributed by atoms with Crippen molar-refractivity contribution in [3.63, 3.8) is 0 Å². The number of carboxylic acid groups (broad SMARTS) is 1. The number of carboxylic acids is 1. The number of amides is 1. The Kier molecular flexibility index (Phi) is 4.19. The minimum absolute atomic E-state index is 0.0598. The van der Waals surface area contributed by atoms with E-state index in [1.807, 2.05) is 0 Å². The Bertz CT molecular complexity index is 323. The Morgan fingerprint density at radius 2 is 1.83 bits per heavy atom. The fraction of sp³-hybridized carbons (Fsp3) is 0.833. The van der Waals surface area contributed by atoms with E-state index < -0.39 is 5.97 Å². The van der Waals surface area contributed by atoms with Gasteiger partial charge in [0.15, 0.2) is 0 Å². The maximum Gasteiger partial charge on any atom is 0.323 e. The van der Waals surface area contributed by atoms with Gasteiger partial charge < -0.3 is 15.7 Å². The number of piperidine rings is 1. The standard InChI is InChI=1S/C12H21N3O3/c13-9-3-5-14(6-4-9)7-11(16)15(8-12(17)18)10-1-2-10/h9-10H,1-8,13H2,(H,17,18). The molecule has 0 aromatic carbocycles. The maximum atomic E-state index is 12.1. The molecule has 2 aliphatic rings. The first kappa shape index (κ1) is 13.3. The first-order valence-corrected chi connectivity index (χ1v) is 6.55. The lowest BCUT2D eigenvalue weighted by Gasteiger charge is -2.31. The quantitative estimate of drug-likeness (QED) is 0.690. The molecule has 6 heteroatoms. The Morgan fingerprint density at radius 1 is 1.22 bits per heavy atom. The highest BCUT2D eigenvalue weighted by Gasteiger charge is 2.34. The summed E-state index contributed by atoms with van der Waals surface area (Å²) >= 11 is 0. The van der Waals surface area contributed by atoms with Crippen LogP contribution in [0.5, 0.6) is 0 Å². The number of hydrogen-bond donors (Lipinski definition) is 2. The number of likely N-dealkylation sites (tertiary alicyclic amines) is 1. The van der Waals surface area contributed by atoms with Gasteiger partial charge in [-0.2, -0.15) is 0 Å². The van der Waals surface area contributed by atoms with Crippen LogP contribution in [0.3, 0.4) is 0 Å². The molecule has 1 saturated carbocycles. The molecule has 1 saturated heterocycles. The smallest absolute Gasteiger partial charge is 0.323 e. The van der Waals surface area contributed by atoms with Crippen molar-refractivity contribution < 1.29 is 14.7 Å². The summed E-state index contributed by atoms with van der Waals surface area (Å²) in [6, 6.07) is 0.399. The Hall–Kier alpha value is -1.14. The average Bonchev–Trinajstić information content (AvgIpc) is 3.12. The van der Waals surface area contributed by atoms with Crippen molar-refractivity contribution in [3.8, 4) is 0 Å². The number of nitrogens with zero attached hydrogens (tertiary/aromatic N) is 2. The van der Waals surface area contributed by atoms with E-state index in [1.54, 1.807) is 0 Å². The summed E-state index contributed by atoms with van der Waals surface area (Å²) in [7, 11) is 0. The number of hydrogen-bond acceptors (Lipinski definition) is 4. The summed E-state index contributed by atoms with van der Waals surface area (Å²) in [5.41, 5.74) is 5.81. The Labute approximate surface area is 107 Å². The zero-order valence-corrected chi connectivity index (χ0v) is 10.5. The third-order valence-corrected chi connectivity index (χ3v) is 3.60. The van der Waals surface area contributed by atoms with Crippen LogP contribution >= 0.6 is 0 Å². The zero-order valence-electron chi connectivity index (χ0n) is 10.5. The minimum Gasteiger partial charge on any atom is -0.480 e. The van der Waals surface area contributed by atoms with E-state index in [2.05, 4.69) is 4.90 Å². The number of nitrogens with two attached hydrogens (primary N) is 1. The highest BCUT2D eigenvalue weighted by atomic mass is 16.4. The molecule has 0 bridgehead atoms. The van der Waals surface area contributed by atoms with Gasteiger partial charge in [0.2, 0.25) is 5.91 Å². The third-order valence-electron chi connectivity index (χ3n) is 3.60. The maximum absolute atomic E-state index is 12.1. The van der Waals surface area contributed by atoms with Crippen LogP contribution in [0.4, 0.5) is 0 Å². The van der Waals surface area contributed by atoms with Crippen LogP contribution in [-0.2, 0) is 9.59 Å². The summed E-state index contributed by atoms with van der Waals surface area (Å²) in [6.07, 6.45) is 3.69. The molecule has 0 aromatic heterocycles. The summed E-state index contributed by atoms with van der Waals surface area (Å²) in [5.74, 6) is -0.994. The summed E-state index contributed by atoms with van der Waals surface area (Å²) in [5, 5.41) is 8.83. The second-order valence-corrected chi connectivity index (χ2v) is 5.26. The van der Waals surface area contributed by atoms with Gasteiger partial charge in [-0.05, 0) is 25.7 Å². The predicted octanol–water partition coefficient (Wildman–Crippen LogP) is -0.515. The average molecular weight is 255 g/mol. The second-order valence-electron chi connectivity index (χ2n) is 5.26. The molecule has 1 heterocycles. The molecular weight excluding hydrogens is 234 g/mol. The Morgan fingerprint density at radius 3 is 2.33 bits per heavy atom. The number of rotatable bonds is 5. The number of aliphatic carboxylic acids is 1. The molecule has 0 spiro atoms.